The molecule has 0 aromatic heterocycles. The molecule has 0 fully saturated rings. The molecule has 0 saturated heterocycles. The largest absolute Gasteiger partial charge is 0.508 e. The standard InChI is InChI=1S/C13H13NO2S/c15-12-4-2-9-1-3-11(7-10(9)8-12)14-13(16)5-6-17/h1-4,7-8,15,17H,5-6H2,(H,14,16). The molecule has 0 spiro atoms. The minimum Gasteiger partial charge on any atom is -0.508 e. The van der Waals surface area contributed by atoms with Crippen molar-refractivity contribution in [3.63, 3.8) is 0 Å². The zero-order valence-corrected chi connectivity index (χ0v) is 10.1. The molecule has 2 rings (SSSR count). The Morgan fingerprint density at radius 1 is 1.18 bits per heavy atom. The van der Waals surface area contributed by atoms with Gasteiger partial charge in [-0.15, -0.1) is 0 Å². The van der Waals surface area contributed by atoms with Gasteiger partial charge in [0.15, 0.2) is 0 Å². The summed E-state index contributed by atoms with van der Waals surface area (Å²) in [6, 6.07) is 10.7. The van der Waals surface area contributed by atoms with Gasteiger partial charge in [-0.25, -0.2) is 0 Å². The molecule has 0 unspecified atom stereocenters. The van der Waals surface area contributed by atoms with Gasteiger partial charge >= 0.3 is 0 Å². The van der Waals surface area contributed by atoms with Crippen LogP contribution < -0.4 is 5.32 Å². The second-order valence-corrected chi connectivity index (χ2v) is 4.22. The third-order valence-corrected chi connectivity index (χ3v) is 2.67. The Balaban J connectivity index is 2.27. The highest BCUT2D eigenvalue weighted by Crippen LogP contribution is 2.23. The van der Waals surface area contributed by atoms with Crippen LogP contribution in [0.25, 0.3) is 10.8 Å². The number of carbonyl (C=O) groups is 1. The van der Waals surface area contributed by atoms with Crippen LogP contribution in [0.3, 0.4) is 0 Å². The van der Waals surface area contributed by atoms with Gasteiger partial charge in [-0.3, -0.25) is 4.79 Å². The van der Waals surface area contributed by atoms with E-state index in [-0.39, 0.29) is 11.7 Å². The number of anilines is 1. The summed E-state index contributed by atoms with van der Waals surface area (Å²) < 4.78 is 0. The fourth-order valence-corrected chi connectivity index (χ4v) is 1.84. The lowest BCUT2D eigenvalue weighted by atomic mass is 10.1. The molecule has 0 bridgehead atoms. The van der Waals surface area contributed by atoms with E-state index in [0.29, 0.717) is 12.2 Å². The number of phenolic OH excluding ortho intramolecular Hbond substituents is 1. The summed E-state index contributed by atoms with van der Waals surface area (Å²) in [7, 11) is 0. The van der Waals surface area contributed by atoms with Crippen LogP contribution in [0.4, 0.5) is 5.69 Å². The summed E-state index contributed by atoms with van der Waals surface area (Å²) in [6.45, 7) is 0. The first-order chi connectivity index (χ1) is 8.19. The number of benzene rings is 2. The van der Waals surface area contributed by atoms with Gasteiger partial charge in [0.2, 0.25) is 5.91 Å². The van der Waals surface area contributed by atoms with E-state index in [1.54, 1.807) is 12.1 Å². The number of phenols is 1. The van der Waals surface area contributed by atoms with Crippen LogP contribution in [-0.4, -0.2) is 16.8 Å². The summed E-state index contributed by atoms with van der Waals surface area (Å²) >= 11 is 4.00. The average molecular weight is 247 g/mol. The Labute approximate surface area is 105 Å². The normalized spacial score (nSPS) is 10.4. The zero-order valence-electron chi connectivity index (χ0n) is 9.18. The number of nitrogens with one attached hydrogen (secondary N) is 1. The number of fused-ring (bicyclic) bond motifs is 1. The molecule has 17 heavy (non-hydrogen) atoms. The summed E-state index contributed by atoms with van der Waals surface area (Å²) in [5.41, 5.74) is 0.731. The minimum absolute atomic E-state index is 0.0560. The minimum atomic E-state index is -0.0560. The molecule has 2 N–H and O–H groups in total. The highest BCUT2D eigenvalue weighted by molar-refractivity contribution is 7.80. The van der Waals surface area contributed by atoms with E-state index in [2.05, 4.69) is 17.9 Å². The molecule has 1 amide bonds. The second kappa shape index (κ2) is 5.10. The lowest BCUT2D eigenvalue weighted by Gasteiger charge is -2.06. The monoisotopic (exact) mass is 247 g/mol. The molecule has 0 aliphatic rings. The molecule has 0 radical (unpaired) electrons. The SMILES string of the molecule is O=C(CCS)Nc1ccc2ccc(O)cc2c1. The zero-order chi connectivity index (χ0) is 12.3. The van der Waals surface area contributed by atoms with Gasteiger partial charge in [-0.05, 0) is 40.8 Å². The maximum absolute atomic E-state index is 11.4. The lowest BCUT2D eigenvalue weighted by molar-refractivity contribution is -0.115. The van der Waals surface area contributed by atoms with Crippen molar-refractivity contribution in [1.29, 1.82) is 0 Å². The van der Waals surface area contributed by atoms with Gasteiger partial charge in [0, 0.05) is 12.1 Å². The second-order valence-electron chi connectivity index (χ2n) is 3.77. The van der Waals surface area contributed by atoms with Gasteiger partial charge < -0.3 is 10.4 Å². The summed E-state index contributed by atoms with van der Waals surface area (Å²) in [5.74, 6) is 0.691. The van der Waals surface area contributed by atoms with Gasteiger partial charge in [0.1, 0.15) is 5.75 Å². The molecular weight excluding hydrogens is 234 g/mol. The Kier molecular flexibility index (Phi) is 3.54. The molecule has 0 saturated carbocycles. The molecule has 0 aliphatic carbocycles. The number of thiol groups is 1. The number of hydrogen-bond donors (Lipinski definition) is 3. The van der Waals surface area contributed by atoms with Crippen LogP contribution >= 0.6 is 12.6 Å². The molecule has 0 heterocycles. The van der Waals surface area contributed by atoms with Crippen molar-refractivity contribution < 1.29 is 9.90 Å². The average Bonchev–Trinajstić information content (AvgIpc) is 2.28. The summed E-state index contributed by atoms with van der Waals surface area (Å²) in [5, 5.41) is 14.1. The van der Waals surface area contributed by atoms with Crippen LogP contribution in [0.1, 0.15) is 6.42 Å². The molecule has 2 aromatic rings. The summed E-state index contributed by atoms with van der Waals surface area (Å²) in [6.07, 6.45) is 0.390. The highest BCUT2D eigenvalue weighted by atomic mass is 32.1. The lowest BCUT2D eigenvalue weighted by Crippen LogP contribution is -2.11. The Hall–Kier alpha value is -1.68. The maximum atomic E-state index is 11.4. The number of amides is 1. The Bertz CT molecular complexity index is 554. The number of rotatable bonds is 3. The number of carbonyl (C=O) groups excluding carboxylic acids is 1. The van der Waals surface area contributed by atoms with Gasteiger partial charge in [-0.1, -0.05) is 12.1 Å². The maximum Gasteiger partial charge on any atom is 0.225 e. The first-order valence-corrected chi connectivity index (χ1v) is 5.96. The molecule has 2 aromatic carbocycles. The van der Waals surface area contributed by atoms with E-state index in [9.17, 15) is 9.90 Å². The van der Waals surface area contributed by atoms with E-state index in [1.807, 2.05) is 24.3 Å². The van der Waals surface area contributed by atoms with Crippen LogP contribution in [0, 0.1) is 0 Å². The van der Waals surface area contributed by atoms with Gasteiger partial charge in [0.25, 0.3) is 0 Å². The van der Waals surface area contributed by atoms with Crippen molar-refractivity contribution >= 4 is 35.0 Å². The van der Waals surface area contributed by atoms with Gasteiger partial charge in [-0.2, -0.15) is 12.6 Å². The third-order valence-electron chi connectivity index (χ3n) is 2.45. The molecule has 0 aliphatic heterocycles. The predicted molar refractivity (Wildman–Crippen MR) is 72.7 cm³/mol. The molecule has 88 valence electrons. The van der Waals surface area contributed by atoms with Crippen molar-refractivity contribution in [2.24, 2.45) is 0 Å². The van der Waals surface area contributed by atoms with Crippen molar-refractivity contribution in [1.82, 2.24) is 0 Å². The highest BCUT2D eigenvalue weighted by Gasteiger charge is 2.02. The predicted octanol–water partition coefficient (Wildman–Crippen LogP) is 2.80. The first kappa shape index (κ1) is 11.8. The quantitative estimate of drug-likeness (QED) is 0.730. The molecule has 0 atom stereocenters. The molecule has 4 heteroatoms. The van der Waals surface area contributed by atoms with Crippen LogP contribution in [0.2, 0.25) is 0 Å². The van der Waals surface area contributed by atoms with Crippen molar-refractivity contribution in [2.45, 2.75) is 6.42 Å². The number of hydrogen-bond acceptors (Lipinski definition) is 3. The van der Waals surface area contributed by atoms with Crippen molar-refractivity contribution in [3.8, 4) is 5.75 Å². The third kappa shape index (κ3) is 2.91. The molecular formula is C13H13NO2S. The smallest absolute Gasteiger partial charge is 0.225 e. The molecule has 3 nitrogen and oxygen atoms in total. The fraction of sp³-hybridized carbons (Fsp3) is 0.154. The van der Waals surface area contributed by atoms with Crippen LogP contribution in [0.15, 0.2) is 36.4 Å². The van der Waals surface area contributed by atoms with E-state index in [1.165, 1.54) is 0 Å². The summed E-state index contributed by atoms with van der Waals surface area (Å²) in [4.78, 5) is 11.4. The van der Waals surface area contributed by atoms with Crippen molar-refractivity contribution in [2.75, 3.05) is 11.1 Å². The van der Waals surface area contributed by atoms with Crippen molar-refractivity contribution in [3.05, 3.63) is 36.4 Å². The van der Waals surface area contributed by atoms with E-state index < -0.39 is 0 Å². The van der Waals surface area contributed by atoms with Crippen LogP contribution in [0.5, 0.6) is 5.75 Å². The number of aromatic hydroxyl groups is 1. The van der Waals surface area contributed by atoms with E-state index >= 15 is 0 Å². The van der Waals surface area contributed by atoms with E-state index in [4.69, 9.17) is 0 Å². The fourth-order valence-electron chi connectivity index (χ4n) is 1.64. The van der Waals surface area contributed by atoms with Crippen LogP contribution in [-0.2, 0) is 4.79 Å². The first-order valence-electron chi connectivity index (χ1n) is 5.32. The Morgan fingerprint density at radius 3 is 2.71 bits per heavy atom. The topological polar surface area (TPSA) is 49.3 Å². The van der Waals surface area contributed by atoms with E-state index in [0.717, 1.165) is 16.5 Å². The Morgan fingerprint density at radius 2 is 1.94 bits per heavy atom. The van der Waals surface area contributed by atoms with Gasteiger partial charge in [0.05, 0.1) is 0 Å².